The summed E-state index contributed by atoms with van der Waals surface area (Å²) in [6, 6.07) is 0.0717. The molecule has 0 bridgehead atoms. The molecule has 2 heteroatoms. The van der Waals surface area contributed by atoms with Gasteiger partial charge < -0.3 is 5.11 Å². The third kappa shape index (κ3) is 1.74. The van der Waals surface area contributed by atoms with Crippen LogP contribution in [-0.4, -0.2) is 23.3 Å². The van der Waals surface area contributed by atoms with Gasteiger partial charge in [-0.1, -0.05) is 5.92 Å². The summed E-state index contributed by atoms with van der Waals surface area (Å²) in [6.45, 7) is 2.15. The lowest BCUT2D eigenvalue weighted by molar-refractivity contribution is 0.0848. The molecule has 11 heavy (non-hydrogen) atoms. The molecule has 0 saturated heterocycles. The fourth-order valence-electron chi connectivity index (χ4n) is 1.45. The predicted octanol–water partition coefficient (Wildman–Crippen LogP) is 0.513. The first-order valence-corrected chi connectivity index (χ1v) is 4.07. The highest BCUT2D eigenvalue weighted by molar-refractivity contribution is 5.04. The molecule has 1 aliphatic carbocycles. The Bertz CT molecular complexity index is 161. The Morgan fingerprint density at radius 1 is 1.73 bits per heavy atom. The fraction of sp³-hybridized carbons (Fsp3) is 0.778. The van der Waals surface area contributed by atoms with Gasteiger partial charge in [-0.05, 0) is 26.2 Å². The van der Waals surface area contributed by atoms with Crippen molar-refractivity contribution in [2.24, 2.45) is 0 Å². The molecule has 1 fully saturated rings. The number of nitrogens with one attached hydrogen (secondary N) is 1. The van der Waals surface area contributed by atoms with E-state index in [-0.39, 0.29) is 18.2 Å². The van der Waals surface area contributed by atoms with Gasteiger partial charge in [0.2, 0.25) is 0 Å². The summed E-state index contributed by atoms with van der Waals surface area (Å²) in [4.78, 5) is 0. The Morgan fingerprint density at radius 2 is 2.36 bits per heavy atom. The smallest absolute Gasteiger partial charge is 0.0663 e. The third-order valence-corrected chi connectivity index (χ3v) is 2.39. The number of terminal acetylenes is 1. The van der Waals surface area contributed by atoms with Gasteiger partial charge in [0.1, 0.15) is 0 Å². The zero-order valence-corrected chi connectivity index (χ0v) is 6.93. The maximum Gasteiger partial charge on any atom is 0.0663 e. The van der Waals surface area contributed by atoms with Crippen LogP contribution in [0.4, 0.5) is 0 Å². The fourth-order valence-corrected chi connectivity index (χ4v) is 1.45. The quantitative estimate of drug-likeness (QED) is 0.579. The topological polar surface area (TPSA) is 32.3 Å². The molecule has 0 amide bonds. The van der Waals surface area contributed by atoms with Crippen LogP contribution in [0.5, 0.6) is 0 Å². The van der Waals surface area contributed by atoms with Crippen molar-refractivity contribution in [2.45, 2.75) is 37.8 Å². The average Bonchev–Trinajstić information content (AvgIpc) is 1.96. The maximum absolute atomic E-state index is 9.05. The first-order chi connectivity index (χ1) is 5.22. The van der Waals surface area contributed by atoms with Crippen LogP contribution in [0.1, 0.15) is 26.2 Å². The van der Waals surface area contributed by atoms with Gasteiger partial charge in [0.15, 0.2) is 0 Å². The number of aliphatic hydroxyl groups excluding tert-OH is 1. The maximum atomic E-state index is 9.05. The molecule has 1 saturated carbocycles. The minimum atomic E-state index is -0.0498. The van der Waals surface area contributed by atoms with E-state index >= 15 is 0 Å². The average molecular weight is 153 g/mol. The van der Waals surface area contributed by atoms with Crippen molar-refractivity contribution in [3.63, 3.8) is 0 Å². The van der Waals surface area contributed by atoms with E-state index in [1.807, 2.05) is 6.92 Å². The Morgan fingerprint density at radius 3 is 2.64 bits per heavy atom. The van der Waals surface area contributed by atoms with Gasteiger partial charge in [0.25, 0.3) is 0 Å². The third-order valence-electron chi connectivity index (χ3n) is 2.39. The summed E-state index contributed by atoms with van der Waals surface area (Å²) < 4.78 is 0. The minimum Gasteiger partial charge on any atom is -0.394 e. The summed E-state index contributed by atoms with van der Waals surface area (Å²) in [5, 5.41) is 12.3. The molecule has 1 aliphatic rings. The molecule has 0 spiro atoms. The van der Waals surface area contributed by atoms with Crippen LogP contribution >= 0.6 is 0 Å². The molecule has 2 N–H and O–H groups in total. The van der Waals surface area contributed by atoms with Gasteiger partial charge in [0.05, 0.1) is 12.6 Å². The van der Waals surface area contributed by atoms with Crippen LogP contribution in [0, 0.1) is 12.3 Å². The van der Waals surface area contributed by atoms with Crippen LogP contribution in [0.15, 0.2) is 0 Å². The van der Waals surface area contributed by atoms with Crippen molar-refractivity contribution in [1.82, 2.24) is 5.32 Å². The highest BCUT2D eigenvalue weighted by Gasteiger charge is 2.36. The van der Waals surface area contributed by atoms with Gasteiger partial charge in [-0.25, -0.2) is 0 Å². The van der Waals surface area contributed by atoms with Crippen LogP contribution in [0.25, 0.3) is 0 Å². The number of hydrogen-bond acceptors (Lipinski definition) is 2. The molecule has 0 aromatic heterocycles. The second-order valence-electron chi connectivity index (χ2n) is 3.32. The standard InChI is InChI=1S/C9H15NO/c1-3-8(2)10-9(7-11)5-4-6-9/h1,8,10-11H,4-7H2,2H3. The molecular weight excluding hydrogens is 138 g/mol. The lowest BCUT2D eigenvalue weighted by atomic mass is 9.77. The van der Waals surface area contributed by atoms with E-state index in [2.05, 4.69) is 11.2 Å². The van der Waals surface area contributed by atoms with E-state index in [9.17, 15) is 0 Å². The number of rotatable bonds is 3. The summed E-state index contributed by atoms with van der Waals surface area (Å²) in [7, 11) is 0. The minimum absolute atomic E-state index is 0.0498. The van der Waals surface area contributed by atoms with Crippen LogP contribution in [-0.2, 0) is 0 Å². The molecule has 2 nitrogen and oxygen atoms in total. The Labute approximate surface area is 68.0 Å². The highest BCUT2D eigenvalue weighted by atomic mass is 16.3. The molecule has 1 atom stereocenters. The second kappa shape index (κ2) is 3.25. The SMILES string of the molecule is C#CC(C)NC1(CO)CCC1. The molecular formula is C9H15NO. The van der Waals surface area contributed by atoms with E-state index in [0.29, 0.717) is 0 Å². The van der Waals surface area contributed by atoms with E-state index in [0.717, 1.165) is 12.8 Å². The first-order valence-electron chi connectivity index (χ1n) is 4.07. The van der Waals surface area contributed by atoms with Crippen LogP contribution < -0.4 is 5.32 Å². The lowest BCUT2D eigenvalue weighted by Gasteiger charge is -2.42. The van der Waals surface area contributed by atoms with E-state index < -0.39 is 0 Å². The molecule has 0 aromatic rings. The molecule has 0 aliphatic heterocycles. The molecule has 1 rings (SSSR count). The summed E-state index contributed by atoms with van der Waals surface area (Å²) >= 11 is 0. The molecule has 1 unspecified atom stereocenters. The van der Waals surface area contributed by atoms with Crippen molar-refractivity contribution >= 4 is 0 Å². The van der Waals surface area contributed by atoms with Crippen molar-refractivity contribution in [1.29, 1.82) is 0 Å². The lowest BCUT2D eigenvalue weighted by Crippen LogP contribution is -2.56. The van der Waals surface area contributed by atoms with Crippen molar-refractivity contribution in [3.05, 3.63) is 0 Å². The van der Waals surface area contributed by atoms with Gasteiger partial charge in [-0.15, -0.1) is 6.42 Å². The van der Waals surface area contributed by atoms with Gasteiger partial charge in [-0.3, -0.25) is 5.32 Å². The van der Waals surface area contributed by atoms with Crippen LogP contribution in [0.3, 0.4) is 0 Å². The molecule has 0 radical (unpaired) electrons. The van der Waals surface area contributed by atoms with Crippen LogP contribution in [0.2, 0.25) is 0 Å². The van der Waals surface area contributed by atoms with Crippen molar-refractivity contribution in [3.8, 4) is 12.3 Å². The van der Waals surface area contributed by atoms with Crippen molar-refractivity contribution in [2.75, 3.05) is 6.61 Å². The van der Waals surface area contributed by atoms with E-state index in [1.54, 1.807) is 0 Å². The van der Waals surface area contributed by atoms with Crippen molar-refractivity contribution < 1.29 is 5.11 Å². The molecule has 0 heterocycles. The highest BCUT2D eigenvalue weighted by Crippen LogP contribution is 2.31. The monoisotopic (exact) mass is 153 g/mol. The Balaban J connectivity index is 2.39. The summed E-state index contributed by atoms with van der Waals surface area (Å²) in [5.74, 6) is 2.60. The van der Waals surface area contributed by atoms with Gasteiger partial charge in [-0.2, -0.15) is 0 Å². The normalized spacial score (nSPS) is 23.4. The number of aliphatic hydroxyl groups is 1. The summed E-state index contributed by atoms with van der Waals surface area (Å²) in [6.07, 6.45) is 8.52. The van der Waals surface area contributed by atoms with Gasteiger partial charge >= 0.3 is 0 Å². The number of hydrogen-bond donors (Lipinski definition) is 2. The second-order valence-corrected chi connectivity index (χ2v) is 3.32. The first kappa shape index (κ1) is 8.58. The zero-order valence-electron chi connectivity index (χ0n) is 6.93. The molecule has 0 aromatic carbocycles. The van der Waals surface area contributed by atoms with E-state index in [4.69, 9.17) is 11.5 Å². The largest absolute Gasteiger partial charge is 0.394 e. The van der Waals surface area contributed by atoms with Gasteiger partial charge in [0, 0.05) is 5.54 Å². The zero-order chi connectivity index (χ0) is 8.32. The van der Waals surface area contributed by atoms with E-state index in [1.165, 1.54) is 6.42 Å². The Hall–Kier alpha value is -0.520. The summed E-state index contributed by atoms with van der Waals surface area (Å²) in [5.41, 5.74) is -0.0498. The molecule has 62 valence electrons. The Kier molecular flexibility index (Phi) is 2.53. The predicted molar refractivity (Wildman–Crippen MR) is 45.1 cm³/mol.